The van der Waals surface area contributed by atoms with E-state index in [2.05, 4.69) is 26.2 Å². The molecule has 1 N–H and O–H groups in total. The molecule has 1 aromatic rings. The standard InChI is InChI=1S/C18H23BrN2O2/c19-14-9-13(10-20-11-14)16-15(4-8-23-16)17(22)21-18-5-1-12(2-6-18)3-7-18/h9-12,15-16H,1-8H2,(H,21,22)/t12?,15-,16+,18?/m1/s1. The molecule has 0 spiro atoms. The molecule has 4 aliphatic rings. The summed E-state index contributed by atoms with van der Waals surface area (Å²) in [5, 5.41) is 3.43. The summed E-state index contributed by atoms with van der Waals surface area (Å²) in [7, 11) is 0. The number of halogens is 1. The Balaban J connectivity index is 1.49. The number of carbonyl (C=O) groups is 1. The van der Waals surface area contributed by atoms with Crippen LogP contribution in [-0.4, -0.2) is 23.0 Å². The van der Waals surface area contributed by atoms with Crippen molar-refractivity contribution < 1.29 is 9.53 Å². The van der Waals surface area contributed by atoms with Crippen molar-refractivity contribution in [1.29, 1.82) is 0 Å². The average molecular weight is 379 g/mol. The number of nitrogens with zero attached hydrogens (tertiary/aromatic N) is 1. The molecule has 0 unspecified atom stereocenters. The summed E-state index contributed by atoms with van der Waals surface area (Å²) in [5.41, 5.74) is 1.05. The van der Waals surface area contributed by atoms with Crippen molar-refractivity contribution in [3.8, 4) is 0 Å². The normalized spacial score (nSPS) is 36.1. The number of hydrogen-bond donors (Lipinski definition) is 1. The van der Waals surface area contributed by atoms with E-state index in [1.807, 2.05) is 12.3 Å². The van der Waals surface area contributed by atoms with Crippen LogP contribution in [0, 0.1) is 11.8 Å². The minimum atomic E-state index is -0.170. The van der Waals surface area contributed by atoms with Gasteiger partial charge >= 0.3 is 0 Å². The van der Waals surface area contributed by atoms with Gasteiger partial charge in [0.1, 0.15) is 0 Å². The summed E-state index contributed by atoms with van der Waals surface area (Å²) in [5.74, 6) is 0.983. The number of ether oxygens (including phenoxy) is 1. The van der Waals surface area contributed by atoms with Crippen LogP contribution in [0.3, 0.4) is 0 Å². The van der Waals surface area contributed by atoms with Crippen molar-refractivity contribution in [2.24, 2.45) is 11.8 Å². The van der Waals surface area contributed by atoms with Gasteiger partial charge in [0, 0.05) is 34.6 Å². The van der Waals surface area contributed by atoms with Crippen molar-refractivity contribution in [2.45, 2.75) is 56.6 Å². The van der Waals surface area contributed by atoms with Crippen LogP contribution in [0.5, 0.6) is 0 Å². The van der Waals surface area contributed by atoms with E-state index in [9.17, 15) is 4.79 Å². The summed E-state index contributed by atoms with van der Waals surface area (Å²) < 4.78 is 6.80. The molecular formula is C18H23BrN2O2. The first-order chi connectivity index (χ1) is 11.2. The molecule has 2 atom stereocenters. The highest BCUT2D eigenvalue weighted by atomic mass is 79.9. The molecule has 3 aliphatic carbocycles. The summed E-state index contributed by atoms with van der Waals surface area (Å²) in [4.78, 5) is 17.2. The average Bonchev–Trinajstić information content (AvgIpc) is 3.06. The second-order valence-electron chi connectivity index (χ2n) is 7.37. The van der Waals surface area contributed by atoms with Gasteiger partial charge < -0.3 is 10.1 Å². The maximum absolute atomic E-state index is 12.9. The third-order valence-corrected chi connectivity index (χ3v) is 6.40. The molecule has 0 radical (unpaired) electrons. The van der Waals surface area contributed by atoms with Gasteiger partial charge in [0.15, 0.2) is 0 Å². The van der Waals surface area contributed by atoms with E-state index in [4.69, 9.17) is 4.74 Å². The van der Waals surface area contributed by atoms with E-state index in [0.717, 1.165) is 41.6 Å². The molecule has 0 aromatic carbocycles. The van der Waals surface area contributed by atoms with E-state index >= 15 is 0 Å². The fourth-order valence-corrected chi connectivity index (χ4v) is 4.94. The Labute approximate surface area is 145 Å². The highest BCUT2D eigenvalue weighted by Crippen LogP contribution is 2.45. The number of rotatable bonds is 3. The Hall–Kier alpha value is -0.940. The zero-order chi connectivity index (χ0) is 15.9. The molecule has 4 nitrogen and oxygen atoms in total. The molecule has 1 aromatic heterocycles. The zero-order valence-electron chi connectivity index (χ0n) is 13.3. The van der Waals surface area contributed by atoms with Crippen LogP contribution in [0.1, 0.15) is 56.6 Å². The van der Waals surface area contributed by atoms with Crippen LogP contribution in [0.4, 0.5) is 0 Å². The number of pyridine rings is 1. The summed E-state index contributed by atoms with van der Waals surface area (Å²) in [6, 6.07) is 2.01. The van der Waals surface area contributed by atoms with Gasteiger partial charge in [0.2, 0.25) is 5.91 Å². The van der Waals surface area contributed by atoms with Gasteiger partial charge in [-0.25, -0.2) is 0 Å². The highest BCUT2D eigenvalue weighted by molar-refractivity contribution is 9.10. The molecule has 2 heterocycles. The van der Waals surface area contributed by atoms with Crippen molar-refractivity contribution in [1.82, 2.24) is 10.3 Å². The molecule has 2 bridgehead atoms. The molecule has 1 aliphatic heterocycles. The second-order valence-corrected chi connectivity index (χ2v) is 8.29. The molecule has 1 amide bonds. The van der Waals surface area contributed by atoms with Crippen LogP contribution in [-0.2, 0) is 9.53 Å². The van der Waals surface area contributed by atoms with Gasteiger partial charge in [-0.2, -0.15) is 0 Å². The number of amides is 1. The van der Waals surface area contributed by atoms with E-state index in [1.165, 1.54) is 19.3 Å². The van der Waals surface area contributed by atoms with Crippen molar-refractivity contribution in [3.63, 3.8) is 0 Å². The van der Waals surface area contributed by atoms with Gasteiger partial charge in [0.25, 0.3) is 0 Å². The van der Waals surface area contributed by atoms with E-state index in [-0.39, 0.29) is 23.5 Å². The second kappa shape index (κ2) is 6.17. The lowest BCUT2D eigenvalue weighted by Gasteiger charge is -2.47. The van der Waals surface area contributed by atoms with Crippen LogP contribution < -0.4 is 5.32 Å². The molecule has 23 heavy (non-hydrogen) atoms. The SMILES string of the molecule is O=C(NC12CCC(CC1)CC2)[C@@H]1CCO[C@H]1c1cncc(Br)c1. The number of aromatic nitrogens is 1. The predicted octanol–water partition coefficient (Wildman–Crippen LogP) is 3.76. The van der Waals surface area contributed by atoms with Gasteiger partial charge in [-0.05, 0) is 72.9 Å². The summed E-state index contributed by atoms with van der Waals surface area (Å²) >= 11 is 3.45. The Bertz CT molecular complexity index is 585. The number of hydrogen-bond acceptors (Lipinski definition) is 3. The molecule has 5 rings (SSSR count). The minimum Gasteiger partial charge on any atom is -0.373 e. The third kappa shape index (κ3) is 3.05. The van der Waals surface area contributed by atoms with E-state index < -0.39 is 0 Å². The molecule has 3 saturated carbocycles. The number of carbonyl (C=O) groups excluding carboxylic acids is 1. The number of fused-ring (bicyclic) bond motifs is 3. The molecule has 4 fully saturated rings. The Morgan fingerprint density at radius 1 is 1.22 bits per heavy atom. The van der Waals surface area contributed by atoms with Gasteiger partial charge in [-0.1, -0.05) is 0 Å². The fourth-order valence-electron chi connectivity index (χ4n) is 4.56. The Kier molecular flexibility index (Phi) is 4.18. The third-order valence-electron chi connectivity index (χ3n) is 5.96. The first kappa shape index (κ1) is 15.6. The van der Waals surface area contributed by atoms with E-state index in [0.29, 0.717) is 6.61 Å². The fraction of sp³-hybridized carbons (Fsp3) is 0.667. The lowest BCUT2D eigenvalue weighted by molar-refractivity contribution is -0.130. The van der Waals surface area contributed by atoms with Gasteiger partial charge in [-0.15, -0.1) is 0 Å². The van der Waals surface area contributed by atoms with Crippen LogP contribution in [0.25, 0.3) is 0 Å². The smallest absolute Gasteiger partial charge is 0.226 e. The quantitative estimate of drug-likeness (QED) is 0.870. The lowest BCUT2D eigenvalue weighted by Crippen LogP contribution is -2.55. The molecule has 5 heteroatoms. The summed E-state index contributed by atoms with van der Waals surface area (Å²) in [6.07, 6.45) is 11.5. The van der Waals surface area contributed by atoms with Crippen LogP contribution in [0.15, 0.2) is 22.9 Å². The summed E-state index contributed by atoms with van der Waals surface area (Å²) in [6.45, 7) is 0.643. The first-order valence-corrected chi connectivity index (χ1v) is 9.49. The maximum Gasteiger partial charge on any atom is 0.226 e. The molecule has 1 saturated heterocycles. The van der Waals surface area contributed by atoms with Crippen LogP contribution in [0.2, 0.25) is 0 Å². The van der Waals surface area contributed by atoms with Crippen molar-refractivity contribution in [3.05, 3.63) is 28.5 Å². The minimum absolute atomic E-state index is 0.0640. The monoisotopic (exact) mass is 378 g/mol. The largest absolute Gasteiger partial charge is 0.373 e. The van der Waals surface area contributed by atoms with Gasteiger partial charge in [0.05, 0.1) is 12.0 Å². The highest BCUT2D eigenvalue weighted by Gasteiger charge is 2.44. The Morgan fingerprint density at radius 2 is 1.96 bits per heavy atom. The Morgan fingerprint density at radius 3 is 2.65 bits per heavy atom. The van der Waals surface area contributed by atoms with Crippen molar-refractivity contribution in [2.75, 3.05) is 6.61 Å². The van der Waals surface area contributed by atoms with Gasteiger partial charge in [-0.3, -0.25) is 9.78 Å². The molecular weight excluding hydrogens is 356 g/mol. The van der Waals surface area contributed by atoms with E-state index in [1.54, 1.807) is 6.20 Å². The predicted molar refractivity (Wildman–Crippen MR) is 90.8 cm³/mol. The van der Waals surface area contributed by atoms with Crippen molar-refractivity contribution >= 4 is 21.8 Å². The van der Waals surface area contributed by atoms with Crippen LogP contribution >= 0.6 is 15.9 Å². The maximum atomic E-state index is 12.9. The molecule has 124 valence electrons. The first-order valence-electron chi connectivity index (χ1n) is 8.69. The topological polar surface area (TPSA) is 51.2 Å². The lowest BCUT2D eigenvalue weighted by atomic mass is 9.65. The zero-order valence-corrected chi connectivity index (χ0v) is 14.8. The number of nitrogens with one attached hydrogen (secondary N) is 1.